The fraction of sp³-hybridized carbons (Fsp3) is 0.158. The number of hydrogen-bond acceptors (Lipinski definition) is 6. The van der Waals surface area contributed by atoms with Gasteiger partial charge in [0.25, 0.3) is 5.91 Å². The fourth-order valence-corrected chi connectivity index (χ4v) is 4.15. The molecule has 3 N–H and O–H groups in total. The molecule has 9 heteroatoms. The summed E-state index contributed by atoms with van der Waals surface area (Å²) in [6.45, 7) is 0.528. The lowest BCUT2D eigenvalue weighted by Crippen LogP contribution is -2.15. The van der Waals surface area contributed by atoms with Crippen molar-refractivity contribution in [3.05, 3.63) is 53.5 Å². The minimum Gasteiger partial charge on any atom is -0.493 e. The van der Waals surface area contributed by atoms with Gasteiger partial charge < -0.3 is 15.8 Å². The molecule has 2 aromatic carbocycles. The second-order valence-corrected chi connectivity index (χ2v) is 8.47. The van der Waals surface area contributed by atoms with Crippen LogP contribution in [0.2, 0.25) is 0 Å². The Morgan fingerprint density at radius 1 is 1.32 bits per heavy atom. The minimum atomic E-state index is -3.75. The average molecular weight is 401 g/mol. The number of halogens is 1. The van der Waals surface area contributed by atoms with Crippen LogP contribution in [0, 0.1) is 5.82 Å². The smallest absolute Gasteiger partial charge is 0.252 e. The molecule has 4 rings (SSSR count). The quantitative estimate of drug-likeness (QED) is 0.695. The molecule has 0 bridgehead atoms. The lowest BCUT2D eigenvalue weighted by atomic mass is 10.1. The number of fused-ring (bicyclic) bond motifs is 2. The summed E-state index contributed by atoms with van der Waals surface area (Å²) in [6.07, 6.45) is 2.83. The highest BCUT2D eigenvalue weighted by Gasteiger charge is 2.22. The molecular weight excluding hydrogens is 385 g/mol. The molecule has 1 aliphatic heterocycles. The Balaban J connectivity index is 2.01. The summed E-state index contributed by atoms with van der Waals surface area (Å²) in [4.78, 5) is 15.8. The fourth-order valence-electron chi connectivity index (χ4n) is 3.31. The summed E-state index contributed by atoms with van der Waals surface area (Å²) >= 11 is 0. The van der Waals surface area contributed by atoms with Crippen molar-refractivity contribution in [1.29, 1.82) is 0 Å². The van der Waals surface area contributed by atoms with Gasteiger partial charge >= 0.3 is 0 Å². The van der Waals surface area contributed by atoms with Gasteiger partial charge in [-0.2, -0.15) is 0 Å². The van der Waals surface area contributed by atoms with Crippen molar-refractivity contribution in [3.8, 4) is 5.75 Å². The first-order valence-electron chi connectivity index (χ1n) is 8.39. The van der Waals surface area contributed by atoms with E-state index in [-0.39, 0.29) is 27.0 Å². The van der Waals surface area contributed by atoms with Crippen LogP contribution in [0.1, 0.15) is 15.9 Å². The zero-order chi connectivity index (χ0) is 20.1. The average Bonchev–Trinajstić information content (AvgIpc) is 3.10. The van der Waals surface area contributed by atoms with Crippen LogP contribution >= 0.6 is 0 Å². The van der Waals surface area contributed by atoms with Gasteiger partial charge in [0.1, 0.15) is 11.6 Å². The zero-order valence-electron chi connectivity index (χ0n) is 14.8. The van der Waals surface area contributed by atoms with Gasteiger partial charge in [0.15, 0.2) is 9.84 Å². The van der Waals surface area contributed by atoms with E-state index >= 15 is 0 Å². The predicted molar refractivity (Wildman–Crippen MR) is 102 cm³/mol. The normalized spacial score (nSPS) is 13.2. The number of carbonyl (C=O) groups is 1. The molecular formula is C19H16FN3O4S. The number of ether oxygens (including phenoxy) is 1. The first-order chi connectivity index (χ1) is 13.3. The summed E-state index contributed by atoms with van der Waals surface area (Å²) in [5.74, 6) is -0.820. The molecule has 144 valence electrons. The van der Waals surface area contributed by atoms with E-state index in [0.717, 1.165) is 24.0 Å². The molecule has 0 atom stereocenters. The molecule has 2 heterocycles. The van der Waals surface area contributed by atoms with Crippen LogP contribution in [-0.2, 0) is 16.3 Å². The number of amides is 1. The number of aromatic nitrogens is 1. The summed E-state index contributed by atoms with van der Waals surface area (Å²) in [5.41, 5.74) is 7.32. The van der Waals surface area contributed by atoms with Crippen molar-refractivity contribution < 1.29 is 22.3 Å². The molecule has 0 saturated heterocycles. The van der Waals surface area contributed by atoms with E-state index in [4.69, 9.17) is 10.5 Å². The third kappa shape index (κ3) is 3.03. The highest BCUT2D eigenvalue weighted by molar-refractivity contribution is 7.91. The van der Waals surface area contributed by atoms with Gasteiger partial charge in [0.05, 0.1) is 28.3 Å². The van der Waals surface area contributed by atoms with Crippen molar-refractivity contribution in [3.63, 3.8) is 0 Å². The number of benzene rings is 2. The maximum Gasteiger partial charge on any atom is 0.252 e. The van der Waals surface area contributed by atoms with Crippen LogP contribution < -0.4 is 15.8 Å². The monoisotopic (exact) mass is 401 g/mol. The highest BCUT2D eigenvalue weighted by Crippen LogP contribution is 2.37. The number of nitrogens with one attached hydrogen (secondary N) is 1. The van der Waals surface area contributed by atoms with E-state index in [9.17, 15) is 17.6 Å². The first kappa shape index (κ1) is 18.2. The van der Waals surface area contributed by atoms with Crippen LogP contribution in [0.4, 0.5) is 15.8 Å². The number of carbonyl (C=O) groups excluding carboxylic acids is 1. The number of pyridine rings is 1. The van der Waals surface area contributed by atoms with Gasteiger partial charge in [0, 0.05) is 35.5 Å². The van der Waals surface area contributed by atoms with Gasteiger partial charge in [-0.1, -0.05) is 6.07 Å². The Kier molecular flexibility index (Phi) is 4.19. The minimum absolute atomic E-state index is 0.0223. The van der Waals surface area contributed by atoms with Gasteiger partial charge in [-0.25, -0.2) is 12.8 Å². The van der Waals surface area contributed by atoms with Crippen LogP contribution in [0.5, 0.6) is 5.75 Å². The van der Waals surface area contributed by atoms with Gasteiger partial charge in [-0.05, 0) is 24.3 Å². The third-order valence-corrected chi connectivity index (χ3v) is 5.68. The molecule has 1 aliphatic rings. The van der Waals surface area contributed by atoms with Gasteiger partial charge in [-0.3, -0.25) is 9.78 Å². The SMILES string of the molecule is CS(=O)(=O)c1cc(F)cc2c(Nc3cccc4c3CCO4)c(C(N)=O)cnc12. The zero-order valence-corrected chi connectivity index (χ0v) is 15.6. The van der Waals surface area contributed by atoms with Gasteiger partial charge in [0.2, 0.25) is 0 Å². The van der Waals surface area contributed by atoms with Crippen molar-refractivity contribution >= 4 is 38.0 Å². The Bertz CT molecular complexity index is 1240. The number of nitrogens with zero attached hydrogens (tertiary/aromatic N) is 1. The summed E-state index contributed by atoms with van der Waals surface area (Å²) in [5, 5.41) is 3.27. The summed E-state index contributed by atoms with van der Waals surface area (Å²) in [7, 11) is -3.75. The van der Waals surface area contributed by atoms with Crippen molar-refractivity contribution in [2.24, 2.45) is 5.73 Å². The molecule has 0 fully saturated rings. The maximum atomic E-state index is 14.2. The molecule has 28 heavy (non-hydrogen) atoms. The number of hydrogen-bond donors (Lipinski definition) is 2. The lowest BCUT2D eigenvalue weighted by molar-refractivity contribution is 0.100. The van der Waals surface area contributed by atoms with E-state index in [2.05, 4.69) is 10.3 Å². The first-order valence-corrected chi connectivity index (χ1v) is 10.3. The topological polar surface area (TPSA) is 111 Å². The number of anilines is 2. The van der Waals surface area contributed by atoms with Crippen molar-refractivity contribution in [1.82, 2.24) is 4.98 Å². The molecule has 3 aromatic rings. The van der Waals surface area contributed by atoms with Crippen LogP contribution in [0.15, 0.2) is 41.4 Å². The second-order valence-electron chi connectivity index (χ2n) is 6.49. The molecule has 0 radical (unpaired) electrons. The summed E-state index contributed by atoms with van der Waals surface area (Å²) < 4.78 is 44.0. The van der Waals surface area contributed by atoms with Gasteiger partial charge in [-0.15, -0.1) is 0 Å². The molecule has 1 amide bonds. The standard InChI is InChI=1S/C19H16FN3O4S/c1-28(25,26)16-8-10(20)7-12-17(13(19(21)24)9-22-18(12)16)23-14-3-2-4-15-11(14)5-6-27-15/h2-4,7-9H,5-6H2,1H3,(H2,21,24)(H,22,23). The summed E-state index contributed by atoms with van der Waals surface area (Å²) in [6, 6.07) is 7.44. The number of rotatable bonds is 4. The predicted octanol–water partition coefficient (Wildman–Crippen LogP) is 2.55. The van der Waals surface area contributed by atoms with E-state index in [1.165, 1.54) is 6.20 Å². The Hall–Kier alpha value is -3.20. The maximum absolute atomic E-state index is 14.2. The van der Waals surface area contributed by atoms with Crippen molar-refractivity contribution in [2.75, 3.05) is 18.2 Å². The number of sulfone groups is 1. The van der Waals surface area contributed by atoms with E-state index in [1.807, 2.05) is 6.07 Å². The Labute approximate surface area is 160 Å². The molecule has 0 aliphatic carbocycles. The highest BCUT2D eigenvalue weighted by atomic mass is 32.2. The third-order valence-electron chi connectivity index (χ3n) is 4.57. The van der Waals surface area contributed by atoms with E-state index in [0.29, 0.717) is 24.5 Å². The Morgan fingerprint density at radius 3 is 2.82 bits per heavy atom. The number of primary amides is 1. The van der Waals surface area contributed by atoms with Crippen LogP contribution in [0.3, 0.4) is 0 Å². The molecule has 1 aromatic heterocycles. The lowest BCUT2D eigenvalue weighted by Gasteiger charge is -2.16. The largest absolute Gasteiger partial charge is 0.493 e. The van der Waals surface area contributed by atoms with Crippen LogP contribution in [0.25, 0.3) is 10.9 Å². The molecule has 0 saturated carbocycles. The van der Waals surface area contributed by atoms with Crippen molar-refractivity contribution in [2.45, 2.75) is 11.3 Å². The Morgan fingerprint density at radius 2 is 2.11 bits per heavy atom. The molecule has 0 spiro atoms. The van der Waals surface area contributed by atoms with Crippen LogP contribution in [-0.4, -0.2) is 32.2 Å². The second kappa shape index (κ2) is 6.45. The van der Waals surface area contributed by atoms with E-state index in [1.54, 1.807) is 12.1 Å². The number of nitrogens with two attached hydrogens (primary N) is 1. The van der Waals surface area contributed by atoms with E-state index < -0.39 is 21.6 Å². The molecule has 0 unspecified atom stereocenters. The molecule has 7 nitrogen and oxygen atoms in total.